The highest BCUT2D eigenvalue weighted by atomic mass is 16.4. The van der Waals surface area contributed by atoms with Crippen LogP contribution in [0, 0.1) is 0 Å². The first-order valence-electron chi connectivity index (χ1n) is 9.53. The molecule has 0 fully saturated rings. The van der Waals surface area contributed by atoms with Gasteiger partial charge in [-0.05, 0) is 35.9 Å². The van der Waals surface area contributed by atoms with Crippen LogP contribution in [0.5, 0.6) is 0 Å². The molecular formula is C23H18N3O5-. The van der Waals surface area contributed by atoms with Crippen LogP contribution in [0.2, 0.25) is 0 Å². The Labute approximate surface area is 176 Å². The molecule has 4 rings (SSSR count). The number of aromatic nitrogens is 1. The molecule has 2 amide bonds. The van der Waals surface area contributed by atoms with E-state index in [1.807, 2.05) is 24.3 Å². The van der Waals surface area contributed by atoms with E-state index in [4.69, 9.17) is 4.42 Å². The molecule has 156 valence electrons. The number of rotatable bonds is 7. The Balaban J connectivity index is 1.53. The van der Waals surface area contributed by atoms with Gasteiger partial charge in [-0.1, -0.05) is 30.3 Å². The van der Waals surface area contributed by atoms with Crippen LogP contribution in [0.15, 0.2) is 77.5 Å². The van der Waals surface area contributed by atoms with Crippen molar-refractivity contribution in [1.82, 2.24) is 10.3 Å². The van der Waals surface area contributed by atoms with Crippen LogP contribution in [-0.2, 0) is 11.2 Å². The number of hydrogen-bond donors (Lipinski definition) is 3. The van der Waals surface area contributed by atoms with E-state index in [9.17, 15) is 19.5 Å². The molecule has 0 radical (unpaired) electrons. The number of aromatic amines is 1. The van der Waals surface area contributed by atoms with Crippen LogP contribution < -0.4 is 15.7 Å². The number of carboxylic acids is 1. The van der Waals surface area contributed by atoms with E-state index in [1.165, 1.54) is 18.4 Å². The molecule has 0 saturated heterocycles. The van der Waals surface area contributed by atoms with E-state index < -0.39 is 23.8 Å². The number of carbonyl (C=O) groups is 3. The summed E-state index contributed by atoms with van der Waals surface area (Å²) in [6, 6.07) is 15.6. The molecule has 1 atom stereocenters. The van der Waals surface area contributed by atoms with Crippen molar-refractivity contribution in [2.75, 3.05) is 5.32 Å². The quantitative estimate of drug-likeness (QED) is 0.425. The molecule has 4 aromatic rings. The molecule has 0 spiro atoms. The third kappa shape index (κ3) is 4.32. The summed E-state index contributed by atoms with van der Waals surface area (Å²) in [6.45, 7) is 0. The maximum atomic E-state index is 12.9. The van der Waals surface area contributed by atoms with Gasteiger partial charge in [0.15, 0.2) is 5.76 Å². The number of hydrogen-bond acceptors (Lipinski definition) is 5. The van der Waals surface area contributed by atoms with Crippen LogP contribution in [0.4, 0.5) is 5.69 Å². The Bertz CT molecular complexity index is 1240. The topological polar surface area (TPSA) is 127 Å². The first kappa shape index (κ1) is 20.0. The highest BCUT2D eigenvalue weighted by Gasteiger charge is 2.20. The Kier molecular flexibility index (Phi) is 5.53. The van der Waals surface area contributed by atoms with Crippen molar-refractivity contribution < 1.29 is 23.9 Å². The van der Waals surface area contributed by atoms with Gasteiger partial charge in [-0.15, -0.1) is 0 Å². The maximum absolute atomic E-state index is 12.9. The minimum atomic E-state index is -1.41. The number of H-pyrrole nitrogens is 1. The number of aliphatic carboxylic acids is 1. The van der Waals surface area contributed by atoms with Gasteiger partial charge in [-0.3, -0.25) is 9.59 Å². The number of fused-ring (bicyclic) bond motifs is 1. The smallest absolute Gasteiger partial charge is 0.291 e. The molecule has 2 heterocycles. The molecule has 0 aliphatic carbocycles. The Hall–Kier alpha value is -4.33. The second-order valence-electron chi connectivity index (χ2n) is 6.89. The first-order valence-corrected chi connectivity index (χ1v) is 9.53. The van der Waals surface area contributed by atoms with Gasteiger partial charge in [0.1, 0.15) is 0 Å². The molecule has 0 saturated carbocycles. The van der Waals surface area contributed by atoms with Gasteiger partial charge in [0.05, 0.1) is 29.5 Å². The molecule has 0 bridgehead atoms. The molecule has 8 heteroatoms. The highest BCUT2D eigenvalue weighted by molar-refractivity contribution is 6.08. The lowest BCUT2D eigenvalue weighted by Gasteiger charge is -2.20. The van der Waals surface area contributed by atoms with E-state index in [1.54, 1.807) is 30.5 Å². The predicted octanol–water partition coefficient (Wildman–Crippen LogP) is 2.10. The van der Waals surface area contributed by atoms with Gasteiger partial charge < -0.3 is 29.9 Å². The highest BCUT2D eigenvalue weighted by Crippen LogP contribution is 2.20. The third-order valence-electron chi connectivity index (χ3n) is 4.85. The molecule has 8 nitrogen and oxygen atoms in total. The fourth-order valence-electron chi connectivity index (χ4n) is 3.33. The van der Waals surface area contributed by atoms with Crippen molar-refractivity contribution in [3.05, 3.63) is 90.0 Å². The number of carbonyl (C=O) groups excluding carboxylic acids is 3. The lowest BCUT2D eigenvalue weighted by molar-refractivity contribution is -0.308. The molecular weight excluding hydrogens is 398 g/mol. The van der Waals surface area contributed by atoms with Crippen LogP contribution in [0.1, 0.15) is 26.5 Å². The van der Waals surface area contributed by atoms with Crippen molar-refractivity contribution in [2.45, 2.75) is 12.5 Å². The minimum absolute atomic E-state index is 0.0407. The van der Waals surface area contributed by atoms with Gasteiger partial charge in [-0.25, -0.2) is 0 Å². The number of nitrogens with one attached hydrogen (secondary N) is 3. The van der Waals surface area contributed by atoms with Crippen LogP contribution in [0.25, 0.3) is 10.9 Å². The van der Waals surface area contributed by atoms with Crippen LogP contribution >= 0.6 is 0 Å². The van der Waals surface area contributed by atoms with E-state index in [0.717, 1.165) is 16.5 Å². The molecule has 0 unspecified atom stereocenters. The number of benzene rings is 2. The summed E-state index contributed by atoms with van der Waals surface area (Å²) in [5.41, 5.74) is 1.95. The third-order valence-corrected chi connectivity index (χ3v) is 4.85. The summed E-state index contributed by atoms with van der Waals surface area (Å²) in [4.78, 5) is 39.9. The van der Waals surface area contributed by atoms with Gasteiger partial charge in [0, 0.05) is 23.5 Å². The van der Waals surface area contributed by atoms with E-state index in [-0.39, 0.29) is 23.4 Å². The number of amides is 2. The van der Waals surface area contributed by atoms with Crippen molar-refractivity contribution in [2.24, 2.45) is 0 Å². The number of anilines is 1. The normalized spacial score (nSPS) is 11.7. The Morgan fingerprint density at radius 2 is 1.74 bits per heavy atom. The van der Waals surface area contributed by atoms with E-state index >= 15 is 0 Å². The Morgan fingerprint density at radius 3 is 2.52 bits per heavy atom. The zero-order valence-corrected chi connectivity index (χ0v) is 16.3. The van der Waals surface area contributed by atoms with Crippen LogP contribution in [0.3, 0.4) is 0 Å². The molecule has 0 aliphatic rings. The van der Waals surface area contributed by atoms with Crippen molar-refractivity contribution in [3.8, 4) is 0 Å². The maximum Gasteiger partial charge on any atom is 0.291 e. The van der Waals surface area contributed by atoms with Crippen molar-refractivity contribution in [3.63, 3.8) is 0 Å². The zero-order chi connectivity index (χ0) is 21.8. The second kappa shape index (κ2) is 8.58. The first-order chi connectivity index (χ1) is 15.0. The minimum Gasteiger partial charge on any atom is -0.548 e. The fraction of sp³-hybridized carbons (Fsp3) is 0.0870. The number of furan rings is 1. The van der Waals surface area contributed by atoms with Gasteiger partial charge >= 0.3 is 0 Å². The molecule has 2 aromatic heterocycles. The SMILES string of the molecule is O=C(Nc1ccccc1C(=O)N[C@H](Cc1c[nH]c2ccccc12)C(=O)[O-])c1ccco1. The average molecular weight is 416 g/mol. The number of carboxylic acid groups (broad SMARTS) is 1. The molecule has 2 aromatic carbocycles. The second-order valence-corrected chi connectivity index (χ2v) is 6.89. The average Bonchev–Trinajstić information content (AvgIpc) is 3.44. The van der Waals surface area contributed by atoms with Gasteiger partial charge in [0.25, 0.3) is 11.8 Å². The zero-order valence-electron chi connectivity index (χ0n) is 16.3. The fourth-order valence-corrected chi connectivity index (χ4v) is 3.33. The van der Waals surface area contributed by atoms with Crippen LogP contribution in [-0.4, -0.2) is 28.8 Å². The largest absolute Gasteiger partial charge is 0.548 e. The molecule has 3 N–H and O–H groups in total. The van der Waals surface area contributed by atoms with Gasteiger partial charge in [-0.2, -0.15) is 0 Å². The lowest BCUT2D eigenvalue weighted by atomic mass is 10.0. The van der Waals surface area contributed by atoms with Gasteiger partial charge in [0.2, 0.25) is 0 Å². The summed E-state index contributed by atoms with van der Waals surface area (Å²) in [5, 5.41) is 17.7. The standard InChI is InChI=1S/C23H19N3O5/c27-21(16-7-2-4-9-18(16)25-22(28)20-10-5-11-31-20)26-19(23(29)30)12-14-13-24-17-8-3-1-6-15(14)17/h1-11,13,19,24H,12H2,(H,25,28)(H,26,27)(H,29,30)/p-1/t19-/m1/s1. The predicted molar refractivity (Wildman–Crippen MR) is 111 cm³/mol. The summed E-state index contributed by atoms with van der Waals surface area (Å²) < 4.78 is 5.06. The van der Waals surface area contributed by atoms with E-state index in [0.29, 0.717) is 0 Å². The lowest BCUT2D eigenvalue weighted by Crippen LogP contribution is -2.49. The summed E-state index contributed by atoms with van der Waals surface area (Å²) in [6.07, 6.45) is 3.12. The summed E-state index contributed by atoms with van der Waals surface area (Å²) in [7, 11) is 0. The van der Waals surface area contributed by atoms with Crippen molar-refractivity contribution >= 4 is 34.4 Å². The Morgan fingerprint density at radius 1 is 0.968 bits per heavy atom. The van der Waals surface area contributed by atoms with Crippen molar-refractivity contribution in [1.29, 1.82) is 0 Å². The molecule has 0 aliphatic heterocycles. The summed E-state index contributed by atoms with van der Waals surface area (Å²) in [5.74, 6) is -2.50. The monoisotopic (exact) mass is 416 g/mol. The molecule has 31 heavy (non-hydrogen) atoms. The number of para-hydroxylation sites is 2. The summed E-state index contributed by atoms with van der Waals surface area (Å²) >= 11 is 0. The van der Waals surface area contributed by atoms with E-state index in [2.05, 4.69) is 15.6 Å².